The van der Waals surface area contributed by atoms with Gasteiger partial charge < -0.3 is 10.2 Å². The third-order valence-electron chi connectivity index (χ3n) is 5.16. The van der Waals surface area contributed by atoms with Crippen LogP contribution in [0.15, 0.2) is 59.8 Å². The predicted octanol–water partition coefficient (Wildman–Crippen LogP) is 2.98. The number of nitrogens with one attached hydrogen (secondary N) is 1. The molecule has 1 N–H and O–H groups in total. The van der Waals surface area contributed by atoms with Crippen molar-refractivity contribution in [1.82, 2.24) is 14.1 Å². The maximum Gasteiger partial charge on any atom is 0.263 e. The fourth-order valence-electron chi connectivity index (χ4n) is 3.51. The number of rotatable bonds is 5. The molecule has 1 amide bonds. The first-order valence-electron chi connectivity index (χ1n) is 9.85. The van der Waals surface area contributed by atoms with Crippen LogP contribution < -0.4 is 10.2 Å². The fourth-order valence-corrected chi connectivity index (χ4v) is 5.18. The Morgan fingerprint density at radius 3 is 2.28 bits per heavy atom. The van der Waals surface area contributed by atoms with Crippen molar-refractivity contribution >= 4 is 38.9 Å². The number of sulfonamides is 1. The molecule has 11 heteroatoms. The van der Waals surface area contributed by atoms with Crippen molar-refractivity contribution in [1.29, 1.82) is 0 Å². The number of aryl methyl sites for hydroxylation is 1. The van der Waals surface area contributed by atoms with E-state index >= 15 is 0 Å². The van der Waals surface area contributed by atoms with Crippen LogP contribution in [0.4, 0.5) is 15.8 Å². The lowest BCUT2D eigenvalue weighted by molar-refractivity contribution is 0.102. The molecule has 3 aromatic rings. The summed E-state index contributed by atoms with van der Waals surface area (Å²) in [5, 5.41) is 6.98. The topological polar surface area (TPSA) is 87.5 Å². The monoisotopic (exact) mass is 477 g/mol. The number of aromatic nitrogens is 2. The SMILES string of the molecule is Cn1cc(C(=O)Nc2ccc(F)cc2)c(S(=O)(=O)N2CCN(c3ccc(Cl)cc3)CC2)n1. The van der Waals surface area contributed by atoms with Crippen LogP contribution in [0.2, 0.25) is 5.02 Å². The van der Waals surface area contributed by atoms with Gasteiger partial charge in [0.15, 0.2) is 0 Å². The molecule has 1 aliphatic rings. The van der Waals surface area contributed by atoms with Crippen molar-refractivity contribution in [2.24, 2.45) is 7.05 Å². The van der Waals surface area contributed by atoms with Crippen molar-refractivity contribution in [3.8, 4) is 0 Å². The Morgan fingerprint density at radius 2 is 1.66 bits per heavy atom. The smallest absolute Gasteiger partial charge is 0.263 e. The number of piperazine rings is 1. The summed E-state index contributed by atoms with van der Waals surface area (Å²) in [5.41, 5.74) is 1.24. The third-order valence-corrected chi connectivity index (χ3v) is 7.24. The molecule has 1 fully saturated rings. The summed E-state index contributed by atoms with van der Waals surface area (Å²) < 4.78 is 42.3. The van der Waals surface area contributed by atoms with Crippen LogP contribution in [-0.2, 0) is 17.1 Å². The summed E-state index contributed by atoms with van der Waals surface area (Å²) in [6.07, 6.45) is 1.36. The van der Waals surface area contributed by atoms with Crippen molar-refractivity contribution in [2.45, 2.75) is 5.03 Å². The standard InChI is InChI=1S/C21H21ClFN5O3S/c1-26-14-19(20(29)24-17-6-4-16(23)5-7-17)21(25-26)32(30,31)28-12-10-27(11-13-28)18-8-2-15(22)3-9-18/h2-9,14H,10-13H2,1H3,(H,24,29). The molecule has 168 valence electrons. The zero-order valence-electron chi connectivity index (χ0n) is 17.2. The van der Waals surface area contributed by atoms with Gasteiger partial charge in [-0.1, -0.05) is 11.6 Å². The molecule has 1 saturated heterocycles. The first-order chi connectivity index (χ1) is 15.2. The number of carbonyl (C=O) groups excluding carboxylic acids is 1. The van der Waals surface area contributed by atoms with Crippen LogP contribution in [0.5, 0.6) is 0 Å². The zero-order chi connectivity index (χ0) is 22.9. The highest BCUT2D eigenvalue weighted by Crippen LogP contribution is 2.24. The highest BCUT2D eigenvalue weighted by atomic mass is 35.5. The summed E-state index contributed by atoms with van der Waals surface area (Å²) in [7, 11) is -2.45. The molecule has 2 heterocycles. The van der Waals surface area contributed by atoms with Gasteiger partial charge in [0.25, 0.3) is 15.9 Å². The van der Waals surface area contributed by atoms with Gasteiger partial charge in [-0.3, -0.25) is 9.48 Å². The second kappa shape index (κ2) is 8.89. The van der Waals surface area contributed by atoms with Crippen molar-refractivity contribution in [3.63, 3.8) is 0 Å². The summed E-state index contributed by atoms with van der Waals surface area (Å²) in [6.45, 7) is 1.48. The van der Waals surface area contributed by atoms with E-state index in [1.165, 1.54) is 39.4 Å². The molecule has 0 unspecified atom stereocenters. The number of hydrogen-bond donors (Lipinski definition) is 1. The number of nitrogens with zero attached hydrogens (tertiary/aromatic N) is 4. The van der Waals surface area contributed by atoms with Gasteiger partial charge in [-0.2, -0.15) is 9.40 Å². The van der Waals surface area contributed by atoms with Gasteiger partial charge in [0.2, 0.25) is 5.03 Å². The molecule has 2 aromatic carbocycles. The van der Waals surface area contributed by atoms with Crippen LogP contribution in [0.1, 0.15) is 10.4 Å². The largest absolute Gasteiger partial charge is 0.369 e. The number of anilines is 2. The Kier molecular flexibility index (Phi) is 6.18. The van der Waals surface area contributed by atoms with Gasteiger partial charge in [0.1, 0.15) is 5.82 Å². The quantitative estimate of drug-likeness (QED) is 0.610. The minimum Gasteiger partial charge on any atom is -0.369 e. The van der Waals surface area contributed by atoms with E-state index in [2.05, 4.69) is 15.3 Å². The van der Waals surface area contributed by atoms with Gasteiger partial charge in [-0.05, 0) is 48.5 Å². The van der Waals surface area contributed by atoms with Crippen molar-refractivity contribution < 1.29 is 17.6 Å². The molecule has 0 atom stereocenters. The molecule has 4 rings (SSSR count). The van der Waals surface area contributed by atoms with Gasteiger partial charge in [-0.25, -0.2) is 12.8 Å². The van der Waals surface area contributed by atoms with E-state index in [1.54, 1.807) is 19.2 Å². The first kappa shape index (κ1) is 22.3. The molecular weight excluding hydrogens is 457 g/mol. The lowest BCUT2D eigenvalue weighted by atomic mass is 10.2. The second-order valence-electron chi connectivity index (χ2n) is 7.35. The summed E-state index contributed by atoms with van der Waals surface area (Å²) in [4.78, 5) is 14.8. The summed E-state index contributed by atoms with van der Waals surface area (Å²) in [6, 6.07) is 12.6. The van der Waals surface area contributed by atoms with Crippen LogP contribution in [-0.4, -0.2) is 54.6 Å². The average molecular weight is 478 g/mol. The molecule has 0 spiro atoms. The van der Waals surface area contributed by atoms with Gasteiger partial charge in [0, 0.05) is 55.8 Å². The van der Waals surface area contributed by atoms with Crippen LogP contribution in [0.25, 0.3) is 0 Å². The average Bonchev–Trinajstić information content (AvgIpc) is 3.19. The predicted molar refractivity (Wildman–Crippen MR) is 120 cm³/mol. The number of carbonyl (C=O) groups is 1. The van der Waals surface area contributed by atoms with E-state index in [0.29, 0.717) is 23.8 Å². The van der Waals surface area contributed by atoms with Crippen LogP contribution in [0, 0.1) is 5.82 Å². The highest BCUT2D eigenvalue weighted by molar-refractivity contribution is 7.89. The molecule has 1 aliphatic heterocycles. The van der Waals surface area contributed by atoms with Gasteiger partial charge in [0.05, 0.1) is 5.56 Å². The maximum atomic E-state index is 13.3. The van der Waals surface area contributed by atoms with E-state index in [0.717, 1.165) is 5.69 Å². The number of benzene rings is 2. The Bertz CT molecular complexity index is 1220. The molecule has 0 saturated carbocycles. The summed E-state index contributed by atoms with van der Waals surface area (Å²) in [5.74, 6) is -1.08. The Morgan fingerprint density at radius 1 is 1.03 bits per heavy atom. The Balaban J connectivity index is 1.51. The molecule has 32 heavy (non-hydrogen) atoms. The number of hydrogen-bond acceptors (Lipinski definition) is 5. The Labute approximate surface area is 190 Å². The molecule has 0 aliphatic carbocycles. The minimum atomic E-state index is -4.00. The maximum absolute atomic E-state index is 13.3. The number of halogens is 2. The highest BCUT2D eigenvalue weighted by Gasteiger charge is 2.34. The van der Waals surface area contributed by atoms with Crippen LogP contribution >= 0.6 is 11.6 Å². The number of amides is 1. The van der Waals surface area contributed by atoms with Crippen LogP contribution in [0.3, 0.4) is 0 Å². The fraction of sp³-hybridized carbons (Fsp3) is 0.238. The molecule has 0 bridgehead atoms. The van der Waals surface area contributed by atoms with E-state index in [1.807, 2.05) is 12.1 Å². The molecule has 0 radical (unpaired) electrons. The first-order valence-corrected chi connectivity index (χ1v) is 11.7. The lowest BCUT2D eigenvalue weighted by Crippen LogP contribution is -2.49. The van der Waals surface area contributed by atoms with Gasteiger partial charge >= 0.3 is 0 Å². The van der Waals surface area contributed by atoms with E-state index in [4.69, 9.17) is 11.6 Å². The van der Waals surface area contributed by atoms with E-state index < -0.39 is 21.7 Å². The van der Waals surface area contributed by atoms with Crippen molar-refractivity contribution in [2.75, 3.05) is 36.4 Å². The van der Waals surface area contributed by atoms with E-state index in [-0.39, 0.29) is 23.7 Å². The minimum absolute atomic E-state index is 0.0723. The molecule has 8 nitrogen and oxygen atoms in total. The molecular formula is C21H21ClFN5O3S. The summed E-state index contributed by atoms with van der Waals surface area (Å²) >= 11 is 5.94. The molecule has 1 aromatic heterocycles. The third kappa shape index (κ3) is 4.62. The van der Waals surface area contributed by atoms with E-state index in [9.17, 15) is 17.6 Å². The van der Waals surface area contributed by atoms with Gasteiger partial charge in [-0.15, -0.1) is 0 Å². The van der Waals surface area contributed by atoms with Crippen molar-refractivity contribution in [3.05, 3.63) is 71.1 Å². The normalized spacial score (nSPS) is 15.0. The second-order valence-corrected chi connectivity index (χ2v) is 9.64. The lowest BCUT2D eigenvalue weighted by Gasteiger charge is -2.35. The Hall–Kier alpha value is -2.95. The zero-order valence-corrected chi connectivity index (χ0v) is 18.8.